The van der Waals surface area contributed by atoms with E-state index in [-0.39, 0.29) is 0 Å². The van der Waals surface area contributed by atoms with Gasteiger partial charge in [0.15, 0.2) is 0 Å². The predicted molar refractivity (Wildman–Crippen MR) is 113 cm³/mol. The number of benzene rings is 1. The minimum Gasteiger partial charge on any atom is -0.496 e. The van der Waals surface area contributed by atoms with Gasteiger partial charge in [-0.05, 0) is 31.5 Å². The molecule has 0 radical (unpaired) electrons. The molecule has 0 aliphatic carbocycles. The summed E-state index contributed by atoms with van der Waals surface area (Å²) in [5.74, 6) is 1.78. The smallest absolute Gasteiger partial charge is 0.338 e. The number of esters is 1. The average Bonchev–Trinajstić information content (AvgIpc) is 3.08. The number of halogens is 1. The van der Waals surface area contributed by atoms with Crippen LogP contribution in [-0.2, 0) is 9.53 Å². The maximum Gasteiger partial charge on any atom is 0.338 e. The number of anilines is 1. The highest BCUT2D eigenvalue weighted by molar-refractivity contribution is 9.10. The number of ether oxygens (including phenoxy) is 2. The molecule has 0 spiro atoms. The molecule has 9 heteroatoms. The van der Waals surface area contributed by atoms with Crippen LogP contribution < -0.4 is 10.1 Å². The lowest BCUT2D eigenvalue weighted by Crippen LogP contribution is -2.29. The Hall–Kier alpha value is -2.00. The van der Waals surface area contributed by atoms with Crippen LogP contribution in [0.2, 0.25) is 0 Å². The fourth-order valence-electron chi connectivity index (χ4n) is 3.08. The number of rotatable bonds is 7. The molecule has 28 heavy (non-hydrogen) atoms. The third-order valence-corrected chi connectivity index (χ3v) is 5.87. The Morgan fingerprint density at radius 3 is 2.86 bits per heavy atom. The number of aromatic nitrogens is 3. The summed E-state index contributed by atoms with van der Waals surface area (Å²) < 4.78 is 13.2. The Kier molecular flexibility index (Phi) is 6.66. The molecular weight excluding hydrogens is 444 g/mol. The fraction of sp³-hybridized carbons (Fsp3) is 0.421. The molecule has 0 fully saturated rings. The topological polar surface area (TPSA) is 78.3 Å². The van der Waals surface area contributed by atoms with Crippen molar-refractivity contribution in [2.45, 2.75) is 37.9 Å². The first kappa shape index (κ1) is 20.7. The highest BCUT2D eigenvalue weighted by Gasteiger charge is 2.36. The Labute approximate surface area is 177 Å². The van der Waals surface area contributed by atoms with Crippen LogP contribution in [0.15, 0.2) is 39.1 Å². The summed E-state index contributed by atoms with van der Waals surface area (Å²) in [7, 11) is 2.98. The van der Waals surface area contributed by atoms with Gasteiger partial charge >= 0.3 is 5.97 Å². The van der Waals surface area contributed by atoms with E-state index < -0.39 is 12.0 Å². The second kappa shape index (κ2) is 9.00. The van der Waals surface area contributed by atoms with Crippen molar-refractivity contribution in [1.82, 2.24) is 14.8 Å². The Bertz CT molecular complexity index is 913. The second-order valence-corrected chi connectivity index (χ2v) is 8.29. The van der Waals surface area contributed by atoms with E-state index in [0.717, 1.165) is 28.6 Å². The third-order valence-electron chi connectivity index (χ3n) is 4.45. The molecule has 1 atom stereocenters. The molecule has 1 aromatic carbocycles. The van der Waals surface area contributed by atoms with Gasteiger partial charge in [-0.2, -0.15) is 4.98 Å². The van der Waals surface area contributed by atoms with Crippen molar-refractivity contribution >= 4 is 39.6 Å². The molecule has 7 nitrogen and oxygen atoms in total. The number of nitrogens with one attached hydrogen (secondary N) is 1. The predicted octanol–water partition coefficient (Wildman–Crippen LogP) is 4.40. The number of hydrogen-bond donors (Lipinski definition) is 1. The maximum absolute atomic E-state index is 12.6. The van der Waals surface area contributed by atoms with E-state index in [9.17, 15) is 4.79 Å². The number of carbonyl (C=O) groups is 1. The van der Waals surface area contributed by atoms with Crippen LogP contribution in [0.25, 0.3) is 0 Å². The number of unbranched alkanes of at least 4 members (excludes halogenated alkanes) is 1. The fourth-order valence-corrected chi connectivity index (χ4v) is 4.37. The van der Waals surface area contributed by atoms with Gasteiger partial charge in [-0.25, -0.2) is 9.48 Å². The second-order valence-electron chi connectivity index (χ2n) is 6.31. The number of hydrogen-bond acceptors (Lipinski definition) is 7. The minimum absolute atomic E-state index is 0.418. The van der Waals surface area contributed by atoms with Crippen molar-refractivity contribution in [2.75, 3.05) is 25.3 Å². The van der Waals surface area contributed by atoms with Crippen LogP contribution in [0.3, 0.4) is 0 Å². The van der Waals surface area contributed by atoms with Gasteiger partial charge in [0.1, 0.15) is 11.8 Å². The van der Waals surface area contributed by atoms with Crippen molar-refractivity contribution in [2.24, 2.45) is 0 Å². The average molecular weight is 467 g/mol. The Balaban J connectivity index is 2.13. The zero-order chi connectivity index (χ0) is 20.3. The number of nitrogens with zero attached hydrogens (tertiary/aromatic N) is 3. The number of fused-ring (bicyclic) bond motifs is 1. The van der Waals surface area contributed by atoms with Gasteiger partial charge in [0.2, 0.25) is 11.1 Å². The zero-order valence-electron chi connectivity index (χ0n) is 16.3. The number of thioether (sulfide) groups is 1. The molecule has 1 aromatic heterocycles. The van der Waals surface area contributed by atoms with Gasteiger partial charge < -0.3 is 14.8 Å². The molecule has 2 aromatic rings. The van der Waals surface area contributed by atoms with Crippen molar-refractivity contribution in [3.63, 3.8) is 0 Å². The van der Waals surface area contributed by atoms with Crippen LogP contribution >= 0.6 is 27.7 Å². The van der Waals surface area contributed by atoms with Crippen molar-refractivity contribution < 1.29 is 14.3 Å². The van der Waals surface area contributed by atoms with Crippen molar-refractivity contribution in [3.05, 3.63) is 39.5 Å². The van der Waals surface area contributed by atoms with Crippen molar-refractivity contribution in [1.29, 1.82) is 0 Å². The normalized spacial score (nSPS) is 15.8. The summed E-state index contributed by atoms with van der Waals surface area (Å²) >= 11 is 5.12. The van der Waals surface area contributed by atoms with Gasteiger partial charge in [-0.1, -0.05) is 41.0 Å². The van der Waals surface area contributed by atoms with Gasteiger partial charge in [0.25, 0.3) is 0 Å². The molecule has 0 amide bonds. The summed E-state index contributed by atoms with van der Waals surface area (Å²) in [4.78, 5) is 17.2. The molecule has 0 saturated heterocycles. The van der Waals surface area contributed by atoms with Crippen molar-refractivity contribution in [3.8, 4) is 5.75 Å². The lowest BCUT2D eigenvalue weighted by Gasteiger charge is -2.28. The molecule has 2 heterocycles. The molecule has 150 valence electrons. The molecule has 0 bridgehead atoms. The monoisotopic (exact) mass is 466 g/mol. The lowest BCUT2D eigenvalue weighted by molar-refractivity contribution is -0.136. The van der Waals surface area contributed by atoms with E-state index in [1.54, 1.807) is 23.6 Å². The first-order chi connectivity index (χ1) is 13.5. The van der Waals surface area contributed by atoms with Gasteiger partial charge in [-0.3, -0.25) is 0 Å². The van der Waals surface area contributed by atoms with Crippen LogP contribution in [-0.4, -0.2) is 40.7 Å². The highest BCUT2D eigenvalue weighted by Crippen LogP contribution is 2.41. The van der Waals surface area contributed by atoms with Crippen LogP contribution in [0.1, 0.15) is 38.3 Å². The third kappa shape index (κ3) is 4.05. The molecule has 1 unspecified atom stereocenters. The van der Waals surface area contributed by atoms with Crippen LogP contribution in [0.4, 0.5) is 5.95 Å². The Morgan fingerprint density at radius 2 is 2.18 bits per heavy atom. The summed E-state index contributed by atoms with van der Waals surface area (Å²) in [6.45, 7) is 3.99. The van der Waals surface area contributed by atoms with E-state index in [4.69, 9.17) is 9.47 Å². The maximum atomic E-state index is 12.6. The SMILES string of the molecule is CCCCSc1nc2n(n1)C(c1cc(Br)ccc1OC)C(C(=O)OC)=C(C)N2. The zero-order valence-corrected chi connectivity index (χ0v) is 18.7. The summed E-state index contributed by atoms with van der Waals surface area (Å²) in [6.07, 6.45) is 2.21. The van der Waals surface area contributed by atoms with Gasteiger partial charge in [0, 0.05) is 21.5 Å². The van der Waals surface area contributed by atoms with E-state index in [0.29, 0.717) is 28.1 Å². The van der Waals surface area contributed by atoms with E-state index in [2.05, 4.69) is 38.3 Å². The number of allylic oxidation sites excluding steroid dienone is 1. The van der Waals surface area contributed by atoms with Crippen LogP contribution in [0.5, 0.6) is 5.75 Å². The molecule has 1 N–H and O–H groups in total. The summed E-state index contributed by atoms with van der Waals surface area (Å²) in [6, 6.07) is 5.18. The van der Waals surface area contributed by atoms with Gasteiger partial charge in [0.05, 0.1) is 19.8 Å². The quantitative estimate of drug-likeness (QED) is 0.367. The molecule has 1 aliphatic rings. The van der Waals surface area contributed by atoms with E-state index in [1.807, 2.05) is 25.1 Å². The minimum atomic E-state index is -0.510. The van der Waals surface area contributed by atoms with Gasteiger partial charge in [-0.15, -0.1) is 5.10 Å². The number of carbonyl (C=O) groups excluding carboxylic acids is 1. The summed E-state index contributed by atoms with van der Waals surface area (Å²) in [5.41, 5.74) is 1.96. The largest absolute Gasteiger partial charge is 0.496 e. The number of methoxy groups -OCH3 is 2. The first-order valence-electron chi connectivity index (χ1n) is 8.99. The molecule has 3 rings (SSSR count). The molecule has 1 aliphatic heterocycles. The molecule has 0 saturated carbocycles. The van der Waals surface area contributed by atoms with Crippen LogP contribution in [0, 0.1) is 0 Å². The standard InChI is InChI=1S/C19H23BrN4O3S/c1-5-6-9-28-19-22-18-21-11(2)15(17(25)27-4)16(24(18)23-19)13-10-12(20)7-8-14(13)26-3/h7-8,10,16H,5-6,9H2,1-4H3,(H,21,22,23). The highest BCUT2D eigenvalue weighted by atomic mass is 79.9. The van der Waals surface area contributed by atoms with E-state index in [1.165, 1.54) is 7.11 Å². The first-order valence-corrected chi connectivity index (χ1v) is 10.8. The Morgan fingerprint density at radius 1 is 1.39 bits per heavy atom. The van der Waals surface area contributed by atoms with E-state index >= 15 is 0 Å². The summed E-state index contributed by atoms with van der Waals surface area (Å²) in [5, 5.41) is 8.54. The molecular formula is C19H23BrN4O3S. The lowest BCUT2D eigenvalue weighted by atomic mass is 9.95.